The lowest BCUT2D eigenvalue weighted by Crippen LogP contribution is -2.11. The summed E-state index contributed by atoms with van der Waals surface area (Å²) in [6.45, 7) is 0. The smallest absolute Gasteiger partial charge is 0.248 e. The number of anilines is 1. The van der Waals surface area contributed by atoms with Gasteiger partial charge in [-0.15, -0.1) is 0 Å². The minimum atomic E-state index is -0.424. The van der Waals surface area contributed by atoms with E-state index in [1.54, 1.807) is 29.6 Å². The van der Waals surface area contributed by atoms with Gasteiger partial charge in [-0.1, -0.05) is 18.9 Å². The zero-order chi connectivity index (χ0) is 9.14. The second kappa shape index (κ2) is 3.49. The maximum Gasteiger partial charge on any atom is 0.248 e. The molecule has 2 N–H and O–H groups in total. The van der Waals surface area contributed by atoms with E-state index in [0.29, 0.717) is 5.56 Å². The van der Waals surface area contributed by atoms with Gasteiger partial charge < -0.3 is 10.0 Å². The fourth-order valence-electron chi connectivity index (χ4n) is 0.860. The average molecular weight is 182 g/mol. The molecule has 1 amide bonds. The normalized spacial score (nSPS) is 9.50. The van der Waals surface area contributed by atoms with Crippen molar-refractivity contribution >= 4 is 24.4 Å². The van der Waals surface area contributed by atoms with Crippen molar-refractivity contribution in [2.75, 3.05) is 11.4 Å². The third kappa shape index (κ3) is 1.92. The summed E-state index contributed by atoms with van der Waals surface area (Å²) in [7, 11) is 1.78. The van der Waals surface area contributed by atoms with Crippen molar-refractivity contribution in [3.8, 4) is 0 Å². The highest BCUT2D eigenvalue weighted by molar-refractivity contribution is 7.81. The molecule has 0 aliphatic carbocycles. The predicted octanol–water partition coefficient (Wildman–Crippen LogP) is 1.07. The van der Waals surface area contributed by atoms with Crippen LogP contribution in [0.3, 0.4) is 0 Å². The molecule has 0 atom stereocenters. The van der Waals surface area contributed by atoms with Crippen molar-refractivity contribution in [2.24, 2.45) is 5.73 Å². The minimum absolute atomic E-state index is 0.424. The molecule has 0 spiro atoms. The van der Waals surface area contributed by atoms with E-state index in [1.165, 1.54) is 0 Å². The summed E-state index contributed by atoms with van der Waals surface area (Å²) in [4.78, 5) is 10.8. The number of hydrogen-bond acceptors (Lipinski definition) is 3. The molecule has 0 saturated carbocycles. The highest BCUT2D eigenvalue weighted by Crippen LogP contribution is 2.15. The lowest BCUT2D eigenvalue weighted by molar-refractivity contribution is 0.100. The topological polar surface area (TPSA) is 46.3 Å². The van der Waals surface area contributed by atoms with E-state index in [4.69, 9.17) is 5.73 Å². The summed E-state index contributed by atoms with van der Waals surface area (Å²) in [5.41, 5.74) is 6.44. The van der Waals surface area contributed by atoms with Crippen molar-refractivity contribution in [3.05, 3.63) is 29.8 Å². The van der Waals surface area contributed by atoms with Gasteiger partial charge in [-0.25, -0.2) is 0 Å². The maximum atomic E-state index is 10.8. The standard InChI is InChI=1S/C8H10N2OS/c1-10(12)7-4-2-3-6(5-7)8(9)11/h2-5,12H,1H3,(H2,9,11). The second-order valence-electron chi connectivity index (χ2n) is 2.44. The van der Waals surface area contributed by atoms with Gasteiger partial charge in [0, 0.05) is 18.3 Å². The van der Waals surface area contributed by atoms with Crippen LogP contribution in [0.15, 0.2) is 24.3 Å². The number of nitrogens with zero attached hydrogens (tertiary/aromatic N) is 1. The van der Waals surface area contributed by atoms with Crippen LogP contribution in [0, 0.1) is 0 Å². The Labute approximate surface area is 76.7 Å². The van der Waals surface area contributed by atoms with Crippen LogP contribution in [0.5, 0.6) is 0 Å². The molecule has 0 heterocycles. The summed E-state index contributed by atoms with van der Waals surface area (Å²) in [6.07, 6.45) is 0. The van der Waals surface area contributed by atoms with Crippen LogP contribution >= 0.6 is 12.8 Å². The third-order valence-corrected chi connectivity index (χ3v) is 1.74. The van der Waals surface area contributed by atoms with Crippen LogP contribution < -0.4 is 10.0 Å². The summed E-state index contributed by atoms with van der Waals surface area (Å²) < 4.78 is 1.62. The van der Waals surface area contributed by atoms with Crippen molar-refractivity contribution in [3.63, 3.8) is 0 Å². The van der Waals surface area contributed by atoms with Crippen LogP contribution in [0.2, 0.25) is 0 Å². The van der Waals surface area contributed by atoms with Crippen molar-refractivity contribution < 1.29 is 4.79 Å². The van der Waals surface area contributed by atoms with E-state index in [0.717, 1.165) is 5.69 Å². The first-order valence-corrected chi connectivity index (χ1v) is 3.83. The molecule has 0 aromatic heterocycles. The molecule has 0 unspecified atom stereocenters. The molecule has 4 heteroatoms. The maximum absolute atomic E-state index is 10.8. The Balaban J connectivity index is 3.04. The molecule has 1 aromatic rings. The number of amides is 1. The van der Waals surface area contributed by atoms with Gasteiger partial charge in [-0.3, -0.25) is 4.79 Å². The Bertz CT molecular complexity index is 299. The summed E-state index contributed by atoms with van der Waals surface area (Å²) in [5, 5.41) is 0. The molecule has 1 aromatic carbocycles. The molecule has 12 heavy (non-hydrogen) atoms. The Morgan fingerprint density at radius 1 is 1.58 bits per heavy atom. The third-order valence-electron chi connectivity index (χ3n) is 1.50. The molecular weight excluding hydrogens is 172 g/mol. The highest BCUT2D eigenvalue weighted by atomic mass is 32.1. The fraction of sp³-hybridized carbons (Fsp3) is 0.125. The van der Waals surface area contributed by atoms with Crippen LogP contribution in [0.4, 0.5) is 5.69 Å². The zero-order valence-electron chi connectivity index (χ0n) is 6.69. The Hall–Kier alpha value is -1.16. The summed E-state index contributed by atoms with van der Waals surface area (Å²) in [6, 6.07) is 6.97. The quantitative estimate of drug-likeness (QED) is 0.672. The van der Waals surface area contributed by atoms with Gasteiger partial charge in [-0.05, 0) is 18.2 Å². The number of nitrogens with two attached hydrogens (primary N) is 1. The molecule has 0 aliphatic heterocycles. The van der Waals surface area contributed by atoms with Gasteiger partial charge in [0.15, 0.2) is 0 Å². The number of hydrogen-bond donors (Lipinski definition) is 2. The van der Waals surface area contributed by atoms with Gasteiger partial charge in [-0.2, -0.15) is 0 Å². The Morgan fingerprint density at radius 3 is 2.75 bits per heavy atom. The highest BCUT2D eigenvalue weighted by Gasteiger charge is 2.01. The van der Waals surface area contributed by atoms with Gasteiger partial charge in [0.2, 0.25) is 5.91 Å². The molecule has 0 fully saturated rings. The van der Waals surface area contributed by atoms with Crippen molar-refractivity contribution in [1.29, 1.82) is 0 Å². The number of carbonyl (C=O) groups is 1. The monoisotopic (exact) mass is 182 g/mol. The molecule has 0 radical (unpaired) electrons. The number of primary amides is 1. The first-order valence-electron chi connectivity index (χ1n) is 3.43. The number of benzene rings is 1. The van der Waals surface area contributed by atoms with Crippen LogP contribution in [0.25, 0.3) is 0 Å². The first kappa shape index (κ1) is 8.93. The van der Waals surface area contributed by atoms with E-state index in [-0.39, 0.29) is 0 Å². The van der Waals surface area contributed by atoms with Crippen LogP contribution in [0.1, 0.15) is 10.4 Å². The SMILES string of the molecule is CN(S)c1cccc(C(N)=O)c1. The van der Waals surface area contributed by atoms with E-state index < -0.39 is 5.91 Å². The number of thiol groups is 1. The zero-order valence-corrected chi connectivity index (χ0v) is 7.58. The molecule has 1 rings (SSSR count). The molecular formula is C8H10N2OS. The Morgan fingerprint density at radius 2 is 2.25 bits per heavy atom. The van der Waals surface area contributed by atoms with Gasteiger partial charge in [0.05, 0.1) is 0 Å². The summed E-state index contributed by atoms with van der Waals surface area (Å²) in [5.74, 6) is -0.424. The van der Waals surface area contributed by atoms with Crippen LogP contribution in [-0.2, 0) is 0 Å². The Kier molecular flexibility index (Phi) is 2.60. The molecule has 0 saturated heterocycles. The molecule has 64 valence electrons. The molecule has 3 nitrogen and oxygen atoms in total. The summed E-state index contributed by atoms with van der Waals surface area (Å²) >= 11 is 4.08. The van der Waals surface area contributed by atoms with Crippen molar-refractivity contribution in [2.45, 2.75) is 0 Å². The van der Waals surface area contributed by atoms with Gasteiger partial charge in [0.1, 0.15) is 0 Å². The first-order chi connectivity index (χ1) is 5.61. The molecule has 0 bridgehead atoms. The second-order valence-corrected chi connectivity index (χ2v) is 3.04. The van der Waals surface area contributed by atoms with E-state index in [1.807, 2.05) is 6.07 Å². The van der Waals surface area contributed by atoms with Gasteiger partial charge >= 0.3 is 0 Å². The van der Waals surface area contributed by atoms with Crippen molar-refractivity contribution in [1.82, 2.24) is 0 Å². The lowest BCUT2D eigenvalue weighted by Gasteiger charge is -2.10. The van der Waals surface area contributed by atoms with E-state index in [9.17, 15) is 4.79 Å². The number of carbonyl (C=O) groups excluding carboxylic acids is 1. The van der Waals surface area contributed by atoms with Gasteiger partial charge in [0.25, 0.3) is 0 Å². The minimum Gasteiger partial charge on any atom is -0.366 e. The van der Waals surface area contributed by atoms with Crippen LogP contribution in [-0.4, -0.2) is 13.0 Å². The van der Waals surface area contributed by atoms with E-state index >= 15 is 0 Å². The lowest BCUT2D eigenvalue weighted by atomic mass is 10.2. The fourth-order valence-corrected chi connectivity index (χ4v) is 0.985. The predicted molar refractivity (Wildman–Crippen MR) is 52.3 cm³/mol. The molecule has 0 aliphatic rings. The van der Waals surface area contributed by atoms with E-state index in [2.05, 4.69) is 12.8 Å². The largest absolute Gasteiger partial charge is 0.366 e. The average Bonchev–Trinajstić information content (AvgIpc) is 2.04. The number of rotatable bonds is 2.